The molecule has 0 heterocycles. The van der Waals surface area contributed by atoms with Crippen LogP contribution in [0, 0.1) is 0 Å². The molecule has 0 unspecified atom stereocenters. The Morgan fingerprint density at radius 2 is 0.933 bits per heavy atom. The van der Waals surface area contributed by atoms with E-state index in [-0.39, 0.29) is 0 Å². The molecular formula is C23H47NO6. The lowest BCUT2D eigenvalue weighted by atomic mass is 10.1. The van der Waals surface area contributed by atoms with Gasteiger partial charge in [-0.1, -0.05) is 45.1 Å². The van der Waals surface area contributed by atoms with E-state index in [0.717, 1.165) is 26.0 Å². The topological polar surface area (TPSA) is 67.4 Å². The van der Waals surface area contributed by atoms with Gasteiger partial charge in [-0.2, -0.15) is 0 Å². The van der Waals surface area contributed by atoms with Gasteiger partial charge in [-0.05, 0) is 19.3 Å². The van der Waals surface area contributed by atoms with Crippen LogP contribution in [-0.4, -0.2) is 79.2 Å². The third-order valence-electron chi connectivity index (χ3n) is 4.26. The molecule has 7 nitrogen and oxygen atoms in total. The zero-order valence-corrected chi connectivity index (χ0v) is 19.4. The molecule has 0 aliphatic heterocycles. The van der Waals surface area contributed by atoms with Gasteiger partial charge in [0.15, 0.2) is 0 Å². The molecule has 0 atom stereocenters. The summed E-state index contributed by atoms with van der Waals surface area (Å²) in [4.78, 5) is 5.07. The van der Waals surface area contributed by atoms with E-state index in [2.05, 4.69) is 12.1 Å². The van der Waals surface area contributed by atoms with Gasteiger partial charge in [-0.25, -0.2) is 5.48 Å². The minimum Gasteiger partial charge on any atom is -0.379 e. The third kappa shape index (κ3) is 27.5. The van der Waals surface area contributed by atoms with Crippen molar-refractivity contribution in [1.82, 2.24) is 5.48 Å². The Labute approximate surface area is 184 Å². The summed E-state index contributed by atoms with van der Waals surface area (Å²) in [7, 11) is 0. The van der Waals surface area contributed by atoms with Crippen molar-refractivity contribution in [2.45, 2.75) is 58.3 Å². The van der Waals surface area contributed by atoms with Crippen LogP contribution in [0.1, 0.15) is 58.3 Å². The highest BCUT2D eigenvalue weighted by Crippen LogP contribution is 2.08. The Balaban J connectivity index is 2.98. The van der Waals surface area contributed by atoms with Crippen molar-refractivity contribution < 1.29 is 28.5 Å². The quantitative estimate of drug-likeness (QED) is 0.120. The van der Waals surface area contributed by atoms with E-state index in [9.17, 15) is 0 Å². The van der Waals surface area contributed by atoms with Crippen LogP contribution >= 0.6 is 0 Å². The molecule has 1 N–H and O–H groups in total. The van der Waals surface area contributed by atoms with E-state index in [0.29, 0.717) is 66.1 Å². The molecule has 0 aliphatic carbocycles. The van der Waals surface area contributed by atoms with Crippen LogP contribution in [0.25, 0.3) is 0 Å². The predicted molar refractivity (Wildman–Crippen MR) is 121 cm³/mol. The van der Waals surface area contributed by atoms with Crippen molar-refractivity contribution in [3.63, 3.8) is 0 Å². The van der Waals surface area contributed by atoms with Gasteiger partial charge in [0.2, 0.25) is 0 Å². The summed E-state index contributed by atoms with van der Waals surface area (Å²) in [6.45, 7) is 13.2. The number of ether oxygens (including phenoxy) is 5. The van der Waals surface area contributed by atoms with Crippen LogP contribution in [0.3, 0.4) is 0 Å². The molecule has 7 heteroatoms. The zero-order chi connectivity index (χ0) is 21.8. The van der Waals surface area contributed by atoms with Crippen molar-refractivity contribution in [3.8, 4) is 0 Å². The average Bonchev–Trinajstić information content (AvgIpc) is 2.76. The smallest absolute Gasteiger partial charge is 0.0916 e. The largest absolute Gasteiger partial charge is 0.379 e. The Bertz CT molecular complexity index is 320. The molecule has 0 aromatic rings. The molecule has 0 aromatic heterocycles. The van der Waals surface area contributed by atoms with Crippen molar-refractivity contribution in [2.75, 3.05) is 79.2 Å². The fourth-order valence-electron chi connectivity index (χ4n) is 2.63. The summed E-state index contributed by atoms with van der Waals surface area (Å²) in [6.07, 6.45) is 12.2. The van der Waals surface area contributed by atoms with Gasteiger partial charge in [0.1, 0.15) is 0 Å². The van der Waals surface area contributed by atoms with Crippen molar-refractivity contribution in [2.24, 2.45) is 0 Å². The fraction of sp³-hybridized carbons (Fsp3) is 0.913. The van der Waals surface area contributed by atoms with Gasteiger partial charge in [-0.3, -0.25) is 4.84 Å². The standard InChI is InChI=1S/C23H47NO6/c1-3-5-6-7-8-9-10-11-12-13-25-14-15-26-16-17-27-18-19-28-20-21-29-22-23-30-24-4-2/h3,24H,1,4-23H2,2H3. The van der Waals surface area contributed by atoms with E-state index < -0.39 is 0 Å². The molecule has 0 bridgehead atoms. The van der Waals surface area contributed by atoms with Gasteiger partial charge < -0.3 is 23.7 Å². The molecule has 0 saturated carbocycles. The SMILES string of the molecule is C=CCCCCCCCCCOCCOCCOCCOCCOCCONCC. The maximum Gasteiger partial charge on any atom is 0.0916 e. The second-order valence-corrected chi connectivity index (χ2v) is 6.96. The van der Waals surface area contributed by atoms with Crippen LogP contribution in [0.5, 0.6) is 0 Å². The first-order valence-corrected chi connectivity index (χ1v) is 11.8. The zero-order valence-electron chi connectivity index (χ0n) is 19.4. The average molecular weight is 434 g/mol. The summed E-state index contributed by atoms with van der Waals surface area (Å²) in [5, 5.41) is 0. The minimum atomic E-state index is 0.541. The predicted octanol–water partition coefficient (Wildman–Crippen LogP) is 3.92. The van der Waals surface area contributed by atoms with Crippen LogP contribution in [-0.2, 0) is 28.5 Å². The second-order valence-electron chi connectivity index (χ2n) is 6.96. The maximum absolute atomic E-state index is 5.59. The number of hydrogen-bond acceptors (Lipinski definition) is 7. The Morgan fingerprint density at radius 1 is 0.533 bits per heavy atom. The molecule has 0 aromatic carbocycles. The number of unbranched alkanes of at least 4 members (excludes halogenated alkanes) is 7. The molecule has 0 amide bonds. The van der Waals surface area contributed by atoms with E-state index >= 15 is 0 Å². The van der Waals surface area contributed by atoms with Crippen LogP contribution in [0.2, 0.25) is 0 Å². The lowest BCUT2D eigenvalue weighted by Gasteiger charge is -2.08. The van der Waals surface area contributed by atoms with Crippen molar-refractivity contribution in [3.05, 3.63) is 12.7 Å². The number of rotatable bonds is 27. The summed E-state index contributed by atoms with van der Waals surface area (Å²) in [5.74, 6) is 0. The van der Waals surface area contributed by atoms with Crippen molar-refractivity contribution >= 4 is 0 Å². The first kappa shape index (κ1) is 29.5. The van der Waals surface area contributed by atoms with Gasteiger partial charge in [0.05, 0.1) is 66.1 Å². The lowest BCUT2D eigenvalue weighted by Crippen LogP contribution is -2.18. The first-order valence-electron chi connectivity index (χ1n) is 11.8. The van der Waals surface area contributed by atoms with Crippen molar-refractivity contribution in [1.29, 1.82) is 0 Å². The minimum absolute atomic E-state index is 0.541. The Kier molecular flexibility index (Phi) is 27.9. The third-order valence-corrected chi connectivity index (χ3v) is 4.26. The van der Waals surface area contributed by atoms with Crippen LogP contribution in [0.15, 0.2) is 12.7 Å². The second kappa shape index (κ2) is 28.5. The Morgan fingerprint density at radius 3 is 1.40 bits per heavy atom. The highest BCUT2D eigenvalue weighted by molar-refractivity contribution is 4.65. The van der Waals surface area contributed by atoms with Crippen LogP contribution in [0.4, 0.5) is 0 Å². The summed E-state index contributed by atoms with van der Waals surface area (Å²) in [5.41, 5.74) is 2.77. The molecule has 0 fully saturated rings. The van der Waals surface area contributed by atoms with Crippen LogP contribution < -0.4 is 5.48 Å². The lowest BCUT2D eigenvalue weighted by molar-refractivity contribution is -0.0283. The summed E-state index contributed by atoms with van der Waals surface area (Å²) < 4.78 is 27.3. The molecule has 30 heavy (non-hydrogen) atoms. The summed E-state index contributed by atoms with van der Waals surface area (Å²) >= 11 is 0. The molecule has 180 valence electrons. The molecular weight excluding hydrogens is 386 g/mol. The van der Waals surface area contributed by atoms with Gasteiger partial charge in [0, 0.05) is 13.2 Å². The van der Waals surface area contributed by atoms with Gasteiger partial charge >= 0.3 is 0 Å². The molecule has 0 aliphatic rings. The highest BCUT2D eigenvalue weighted by atomic mass is 16.7. The van der Waals surface area contributed by atoms with E-state index in [1.54, 1.807) is 0 Å². The fourth-order valence-corrected chi connectivity index (χ4v) is 2.63. The first-order chi connectivity index (χ1) is 14.9. The summed E-state index contributed by atoms with van der Waals surface area (Å²) in [6, 6.07) is 0. The molecule has 0 spiro atoms. The highest BCUT2D eigenvalue weighted by Gasteiger charge is 1.95. The maximum atomic E-state index is 5.59. The Hall–Kier alpha value is -0.540. The monoisotopic (exact) mass is 433 g/mol. The number of nitrogens with one attached hydrogen (secondary N) is 1. The molecule has 0 rings (SSSR count). The van der Waals surface area contributed by atoms with Gasteiger partial charge in [0.25, 0.3) is 0 Å². The van der Waals surface area contributed by atoms with E-state index in [4.69, 9.17) is 28.5 Å². The van der Waals surface area contributed by atoms with E-state index in [1.807, 2.05) is 13.0 Å². The molecule has 0 saturated heterocycles. The number of hydroxylamine groups is 1. The molecule has 0 radical (unpaired) electrons. The normalized spacial score (nSPS) is 11.2. The van der Waals surface area contributed by atoms with Gasteiger partial charge in [-0.15, -0.1) is 6.58 Å². The van der Waals surface area contributed by atoms with E-state index in [1.165, 1.54) is 38.5 Å². The number of allylic oxidation sites excluding steroid dienone is 1. The number of hydrogen-bond donors (Lipinski definition) is 1.